The van der Waals surface area contributed by atoms with Gasteiger partial charge in [-0.15, -0.1) is 0 Å². The molecule has 0 fully saturated rings. The van der Waals surface area contributed by atoms with Gasteiger partial charge in [0.2, 0.25) is 0 Å². The van der Waals surface area contributed by atoms with Gasteiger partial charge in [0.25, 0.3) is 5.69 Å². The predicted octanol–water partition coefficient (Wildman–Crippen LogP) is 1.37. The van der Waals surface area contributed by atoms with Crippen LogP contribution in [0.25, 0.3) is 5.69 Å². The minimum absolute atomic E-state index is 0.133. The summed E-state index contributed by atoms with van der Waals surface area (Å²) in [6.45, 7) is 0. The molecule has 3 heteroatoms. The number of nitrogens with zero attached hydrogens (tertiary/aromatic N) is 1. The average Bonchev–Trinajstić information content (AvgIpc) is 2.23. The van der Waals surface area contributed by atoms with Crippen LogP contribution in [0, 0.1) is 0 Å². The summed E-state index contributed by atoms with van der Waals surface area (Å²) in [5.74, 6) is 0.271. The molecule has 0 aliphatic rings. The van der Waals surface area contributed by atoms with E-state index in [9.17, 15) is 10.2 Å². The summed E-state index contributed by atoms with van der Waals surface area (Å²) >= 11 is 0. The van der Waals surface area contributed by atoms with Crippen molar-refractivity contribution in [3.05, 3.63) is 48.8 Å². The molecule has 0 amide bonds. The molecule has 0 bridgehead atoms. The minimum Gasteiger partial charge on any atom is -0.508 e. The highest BCUT2D eigenvalue weighted by molar-refractivity contribution is 5.44. The largest absolute Gasteiger partial charge is 0.508 e. The highest BCUT2D eigenvalue weighted by Gasteiger charge is 2.11. The lowest BCUT2D eigenvalue weighted by atomic mass is 10.2. The lowest BCUT2D eigenvalue weighted by Crippen LogP contribution is -2.28. The van der Waals surface area contributed by atoms with Crippen molar-refractivity contribution in [2.75, 3.05) is 0 Å². The Morgan fingerprint density at radius 2 is 1.64 bits per heavy atom. The van der Waals surface area contributed by atoms with Crippen molar-refractivity contribution in [3.8, 4) is 17.2 Å². The quantitative estimate of drug-likeness (QED) is 0.524. The maximum Gasteiger partial charge on any atom is 0.256 e. The van der Waals surface area contributed by atoms with Crippen LogP contribution in [0.1, 0.15) is 0 Å². The number of pyridine rings is 1. The molecule has 0 spiro atoms. The first-order valence-electron chi connectivity index (χ1n) is 4.26. The number of aromatic nitrogens is 1. The normalized spacial score (nSPS) is 10.0. The lowest BCUT2D eigenvalue weighted by Gasteiger charge is -1.98. The van der Waals surface area contributed by atoms with Crippen LogP contribution < -0.4 is 4.57 Å². The molecule has 0 saturated heterocycles. The van der Waals surface area contributed by atoms with Crippen molar-refractivity contribution in [2.24, 2.45) is 0 Å². The van der Waals surface area contributed by atoms with Gasteiger partial charge in [0.1, 0.15) is 5.75 Å². The fourth-order valence-corrected chi connectivity index (χ4v) is 1.28. The lowest BCUT2D eigenvalue weighted by molar-refractivity contribution is -0.596. The Morgan fingerprint density at radius 1 is 0.929 bits per heavy atom. The molecule has 2 rings (SSSR count). The van der Waals surface area contributed by atoms with Gasteiger partial charge in [-0.1, -0.05) is 6.07 Å². The molecule has 3 nitrogen and oxygen atoms in total. The van der Waals surface area contributed by atoms with Crippen molar-refractivity contribution in [1.29, 1.82) is 0 Å². The highest BCUT2D eigenvalue weighted by Crippen LogP contribution is 2.21. The van der Waals surface area contributed by atoms with E-state index in [1.165, 1.54) is 18.2 Å². The monoisotopic (exact) mass is 188 g/mol. The van der Waals surface area contributed by atoms with Crippen LogP contribution in [-0.2, 0) is 0 Å². The molecular formula is C11H10NO2+. The summed E-state index contributed by atoms with van der Waals surface area (Å²) < 4.78 is 1.73. The Balaban J connectivity index is 2.57. The molecule has 0 aliphatic carbocycles. The summed E-state index contributed by atoms with van der Waals surface area (Å²) in [7, 11) is 0. The van der Waals surface area contributed by atoms with Crippen LogP contribution in [0.4, 0.5) is 0 Å². The third-order valence-electron chi connectivity index (χ3n) is 1.95. The number of phenolic OH excluding ortho intramolecular Hbond substituents is 2. The SMILES string of the molecule is Oc1ccc(O)c(-[n+]2ccccc2)c1. The second-order valence-electron chi connectivity index (χ2n) is 2.96. The van der Waals surface area contributed by atoms with Gasteiger partial charge in [0.05, 0.1) is 6.07 Å². The third-order valence-corrected chi connectivity index (χ3v) is 1.95. The van der Waals surface area contributed by atoms with Gasteiger partial charge in [0, 0.05) is 12.1 Å². The van der Waals surface area contributed by atoms with Gasteiger partial charge < -0.3 is 10.2 Å². The molecule has 0 aliphatic heterocycles. The Morgan fingerprint density at radius 3 is 2.36 bits per heavy atom. The van der Waals surface area contributed by atoms with Crippen LogP contribution in [-0.4, -0.2) is 10.2 Å². The van der Waals surface area contributed by atoms with Gasteiger partial charge in [-0.05, 0) is 12.1 Å². The fourth-order valence-electron chi connectivity index (χ4n) is 1.28. The number of phenols is 2. The Hall–Kier alpha value is -2.03. The van der Waals surface area contributed by atoms with Crippen molar-refractivity contribution in [3.63, 3.8) is 0 Å². The van der Waals surface area contributed by atoms with Gasteiger partial charge >= 0.3 is 0 Å². The number of hydrogen-bond donors (Lipinski definition) is 2. The van der Waals surface area contributed by atoms with E-state index in [2.05, 4.69) is 0 Å². The van der Waals surface area contributed by atoms with Crippen molar-refractivity contribution >= 4 is 0 Å². The van der Waals surface area contributed by atoms with Gasteiger partial charge in [-0.2, -0.15) is 4.57 Å². The number of hydrogen-bond acceptors (Lipinski definition) is 2. The molecule has 0 saturated carbocycles. The summed E-state index contributed by atoms with van der Waals surface area (Å²) in [5, 5.41) is 18.8. The molecule has 2 N–H and O–H groups in total. The molecule has 1 heterocycles. The first kappa shape index (κ1) is 8.56. The molecule has 1 aromatic carbocycles. The van der Waals surface area contributed by atoms with E-state index in [0.29, 0.717) is 5.69 Å². The summed E-state index contributed by atoms with van der Waals surface area (Å²) in [6, 6.07) is 10.0. The van der Waals surface area contributed by atoms with E-state index in [-0.39, 0.29) is 11.5 Å². The molecule has 0 radical (unpaired) electrons. The minimum atomic E-state index is 0.133. The zero-order chi connectivity index (χ0) is 9.97. The van der Waals surface area contributed by atoms with E-state index >= 15 is 0 Å². The van der Waals surface area contributed by atoms with Gasteiger partial charge in [0.15, 0.2) is 18.1 Å². The van der Waals surface area contributed by atoms with Crippen LogP contribution in [0.5, 0.6) is 11.5 Å². The van der Waals surface area contributed by atoms with Crippen molar-refractivity contribution in [2.45, 2.75) is 0 Å². The zero-order valence-corrected chi connectivity index (χ0v) is 7.46. The van der Waals surface area contributed by atoms with E-state index in [4.69, 9.17) is 0 Å². The van der Waals surface area contributed by atoms with Crippen LogP contribution in [0.15, 0.2) is 48.8 Å². The second-order valence-corrected chi connectivity index (χ2v) is 2.96. The number of benzene rings is 1. The maximum absolute atomic E-state index is 9.56. The Kier molecular flexibility index (Phi) is 2.07. The highest BCUT2D eigenvalue weighted by atomic mass is 16.3. The summed E-state index contributed by atoms with van der Waals surface area (Å²) in [4.78, 5) is 0. The summed E-state index contributed by atoms with van der Waals surface area (Å²) in [6.07, 6.45) is 3.60. The van der Waals surface area contributed by atoms with E-state index in [0.717, 1.165) is 0 Å². The van der Waals surface area contributed by atoms with Crippen LogP contribution >= 0.6 is 0 Å². The first-order chi connectivity index (χ1) is 6.77. The van der Waals surface area contributed by atoms with Crippen molar-refractivity contribution in [1.82, 2.24) is 0 Å². The molecule has 0 atom stereocenters. The third kappa shape index (κ3) is 1.52. The smallest absolute Gasteiger partial charge is 0.256 e. The molecule has 2 aromatic rings. The molecule has 70 valence electrons. The summed E-state index contributed by atoms with van der Waals surface area (Å²) in [5.41, 5.74) is 0.561. The van der Waals surface area contributed by atoms with Crippen LogP contribution in [0.2, 0.25) is 0 Å². The zero-order valence-electron chi connectivity index (χ0n) is 7.46. The van der Waals surface area contributed by atoms with E-state index in [1.807, 2.05) is 18.2 Å². The molecule has 1 aromatic heterocycles. The number of aromatic hydroxyl groups is 2. The van der Waals surface area contributed by atoms with Gasteiger partial charge in [-0.25, -0.2) is 0 Å². The Labute approximate surface area is 81.5 Å². The predicted molar refractivity (Wildman–Crippen MR) is 51.3 cm³/mol. The molecular weight excluding hydrogens is 178 g/mol. The molecule has 14 heavy (non-hydrogen) atoms. The van der Waals surface area contributed by atoms with Crippen LogP contribution in [0.3, 0.4) is 0 Å². The average molecular weight is 188 g/mol. The first-order valence-corrected chi connectivity index (χ1v) is 4.26. The molecule has 0 unspecified atom stereocenters. The number of rotatable bonds is 1. The van der Waals surface area contributed by atoms with E-state index in [1.54, 1.807) is 17.0 Å². The maximum atomic E-state index is 9.56. The van der Waals surface area contributed by atoms with Crippen molar-refractivity contribution < 1.29 is 14.8 Å². The second kappa shape index (κ2) is 3.38. The van der Waals surface area contributed by atoms with Gasteiger partial charge in [-0.3, -0.25) is 0 Å². The standard InChI is InChI=1S/C11H9NO2/c13-9-4-5-11(14)10(8-9)12-6-2-1-3-7-12/h1-8H,(H-,13,14)/p+1. The topological polar surface area (TPSA) is 44.3 Å². The van der Waals surface area contributed by atoms with E-state index < -0.39 is 0 Å². The fraction of sp³-hybridized carbons (Fsp3) is 0. The Bertz CT molecular complexity index is 440.